The first kappa shape index (κ1) is 16.0. The van der Waals surface area contributed by atoms with Gasteiger partial charge < -0.3 is 10.4 Å². The van der Waals surface area contributed by atoms with Gasteiger partial charge in [0.05, 0.1) is 19.2 Å². The standard InChI is InChI=1S/C14H21ClN2O2/c1-10(9-18)17(3)8-14(19)16-11(2)12-4-6-13(15)7-5-12/h4-7,10-11,18H,8-9H2,1-3H3,(H,16,19). The van der Waals surface area contributed by atoms with Crippen LogP contribution in [0, 0.1) is 0 Å². The van der Waals surface area contributed by atoms with E-state index in [1.54, 1.807) is 12.1 Å². The molecule has 0 aromatic heterocycles. The molecule has 2 N–H and O–H groups in total. The number of hydrogen-bond donors (Lipinski definition) is 2. The first-order valence-corrected chi connectivity index (χ1v) is 6.67. The first-order chi connectivity index (χ1) is 8.93. The van der Waals surface area contributed by atoms with Crippen LogP contribution in [0.1, 0.15) is 25.5 Å². The molecule has 0 aliphatic carbocycles. The number of nitrogens with one attached hydrogen (secondary N) is 1. The molecule has 0 heterocycles. The van der Waals surface area contributed by atoms with E-state index in [1.807, 2.05) is 37.9 Å². The van der Waals surface area contributed by atoms with Gasteiger partial charge in [0.1, 0.15) is 0 Å². The normalized spacial score (nSPS) is 14.2. The number of hydrogen-bond acceptors (Lipinski definition) is 3. The van der Waals surface area contributed by atoms with Crippen LogP contribution in [0.25, 0.3) is 0 Å². The summed E-state index contributed by atoms with van der Waals surface area (Å²) in [6, 6.07) is 7.30. The third kappa shape index (κ3) is 5.19. The summed E-state index contributed by atoms with van der Waals surface area (Å²) in [6.07, 6.45) is 0. The van der Waals surface area contributed by atoms with Gasteiger partial charge in [-0.25, -0.2) is 0 Å². The second kappa shape index (κ2) is 7.48. The summed E-state index contributed by atoms with van der Waals surface area (Å²) in [5, 5.41) is 12.6. The molecule has 19 heavy (non-hydrogen) atoms. The van der Waals surface area contributed by atoms with Gasteiger partial charge in [0.15, 0.2) is 0 Å². The van der Waals surface area contributed by atoms with Gasteiger partial charge in [0, 0.05) is 11.1 Å². The number of carbonyl (C=O) groups excluding carboxylic acids is 1. The molecular weight excluding hydrogens is 264 g/mol. The molecule has 0 aliphatic rings. The zero-order valence-corrected chi connectivity index (χ0v) is 12.3. The van der Waals surface area contributed by atoms with Crippen LogP contribution in [-0.4, -0.2) is 42.2 Å². The van der Waals surface area contributed by atoms with Gasteiger partial charge >= 0.3 is 0 Å². The summed E-state index contributed by atoms with van der Waals surface area (Å²) >= 11 is 5.82. The summed E-state index contributed by atoms with van der Waals surface area (Å²) in [6.45, 7) is 4.10. The van der Waals surface area contributed by atoms with Crippen LogP contribution >= 0.6 is 11.6 Å². The number of aliphatic hydroxyl groups is 1. The maximum Gasteiger partial charge on any atom is 0.234 e. The van der Waals surface area contributed by atoms with E-state index in [9.17, 15) is 4.79 Å². The van der Waals surface area contributed by atoms with Crippen LogP contribution in [0.3, 0.4) is 0 Å². The Morgan fingerprint density at radius 3 is 2.47 bits per heavy atom. The molecule has 1 rings (SSSR count). The highest BCUT2D eigenvalue weighted by Crippen LogP contribution is 2.15. The SMILES string of the molecule is CC(NC(=O)CN(C)C(C)CO)c1ccc(Cl)cc1. The van der Waals surface area contributed by atoms with Gasteiger partial charge in [0.2, 0.25) is 5.91 Å². The number of aliphatic hydroxyl groups excluding tert-OH is 1. The van der Waals surface area contributed by atoms with Crippen LogP contribution < -0.4 is 5.32 Å². The van der Waals surface area contributed by atoms with Crippen molar-refractivity contribution in [2.24, 2.45) is 0 Å². The monoisotopic (exact) mass is 284 g/mol. The molecule has 4 nitrogen and oxygen atoms in total. The Bertz CT molecular complexity index is 408. The van der Waals surface area contributed by atoms with E-state index in [1.165, 1.54) is 0 Å². The number of rotatable bonds is 6. The molecule has 2 atom stereocenters. The Morgan fingerprint density at radius 1 is 1.37 bits per heavy atom. The van der Waals surface area contributed by atoms with Gasteiger partial charge in [-0.05, 0) is 38.6 Å². The minimum Gasteiger partial charge on any atom is -0.395 e. The maximum atomic E-state index is 11.9. The molecule has 2 unspecified atom stereocenters. The summed E-state index contributed by atoms with van der Waals surface area (Å²) in [4.78, 5) is 13.7. The van der Waals surface area contributed by atoms with Crippen molar-refractivity contribution in [3.8, 4) is 0 Å². The fraction of sp³-hybridized carbons (Fsp3) is 0.500. The second-order valence-corrected chi connectivity index (χ2v) is 5.22. The van der Waals surface area contributed by atoms with Crippen LogP contribution in [0.4, 0.5) is 0 Å². The van der Waals surface area contributed by atoms with Gasteiger partial charge in [-0.3, -0.25) is 9.69 Å². The van der Waals surface area contributed by atoms with Gasteiger partial charge in [-0.15, -0.1) is 0 Å². The number of likely N-dealkylation sites (N-methyl/N-ethyl adjacent to an activating group) is 1. The van der Waals surface area contributed by atoms with E-state index >= 15 is 0 Å². The molecule has 106 valence electrons. The molecular formula is C14H21ClN2O2. The number of carbonyl (C=O) groups is 1. The van der Waals surface area contributed by atoms with Crippen LogP contribution in [-0.2, 0) is 4.79 Å². The van der Waals surface area contributed by atoms with Crippen molar-refractivity contribution in [1.29, 1.82) is 0 Å². The fourth-order valence-electron chi connectivity index (χ4n) is 1.64. The lowest BCUT2D eigenvalue weighted by atomic mass is 10.1. The third-order valence-corrected chi connectivity index (χ3v) is 3.41. The van der Waals surface area contributed by atoms with Crippen molar-refractivity contribution in [2.75, 3.05) is 20.2 Å². The molecule has 0 fully saturated rings. The predicted molar refractivity (Wildman–Crippen MR) is 77.2 cm³/mol. The molecule has 0 aliphatic heterocycles. The molecule has 1 aromatic rings. The van der Waals surface area contributed by atoms with E-state index < -0.39 is 0 Å². The molecule has 0 bridgehead atoms. The number of amides is 1. The molecule has 0 saturated carbocycles. The largest absolute Gasteiger partial charge is 0.395 e. The van der Waals surface area contributed by atoms with Crippen molar-refractivity contribution in [2.45, 2.75) is 25.9 Å². The number of nitrogens with zero attached hydrogens (tertiary/aromatic N) is 1. The predicted octanol–water partition coefficient (Wildman–Crippen LogP) is 1.83. The molecule has 1 amide bonds. The van der Waals surface area contributed by atoms with Crippen molar-refractivity contribution in [1.82, 2.24) is 10.2 Å². The Hall–Kier alpha value is -1.10. The fourth-order valence-corrected chi connectivity index (χ4v) is 1.77. The highest BCUT2D eigenvalue weighted by Gasteiger charge is 2.14. The smallest absolute Gasteiger partial charge is 0.234 e. The lowest BCUT2D eigenvalue weighted by Gasteiger charge is -2.23. The lowest BCUT2D eigenvalue weighted by Crippen LogP contribution is -2.41. The van der Waals surface area contributed by atoms with Crippen molar-refractivity contribution < 1.29 is 9.90 Å². The average Bonchev–Trinajstić information content (AvgIpc) is 2.38. The van der Waals surface area contributed by atoms with Crippen LogP contribution in [0.2, 0.25) is 5.02 Å². The average molecular weight is 285 g/mol. The van der Waals surface area contributed by atoms with E-state index in [0.29, 0.717) is 5.02 Å². The van der Waals surface area contributed by atoms with E-state index in [-0.39, 0.29) is 31.1 Å². The van der Waals surface area contributed by atoms with Gasteiger partial charge in [-0.1, -0.05) is 23.7 Å². The van der Waals surface area contributed by atoms with E-state index in [0.717, 1.165) is 5.56 Å². The molecule has 0 spiro atoms. The van der Waals surface area contributed by atoms with Gasteiger partial charge in [0.25, 0.3) is 0 Å². The van der Waals surface area contributed by atoms with E-state index in [2.05, 4.69) is 5.32 Å². The van der Waals surface area contributed by atoms with Crippen LogP contribution in [0.5, 0.6) is 0 Å². The third-order valence-electron chi connectivity index (χ3n) is 3.16. The Morgan fingerprint density at radius 2 is 1.95 bits per heavy atom. The Labute approximate surface area is 119 Å². The topological polar surface area (TPSA) is 52.6 Å². The Balaban J connectivity index is 2.50. The number of benzene rings is 1. The molecule has 1 aromatic carbocycles. The maximum absolute atomic E-state index is 11.9. The Kier molecular flexibility index (Phi) is 6.28. The van der Waals surface area contributed by atoms with Crippen LogP contribution in [0.15, 0.2) is 24.3 Å². The quantitative estimate of drug-likeness (QED) is 0.838. The minimum absolute atomic E-state index is 0.0309. The number of halogens is 1. The summed E-state index contributed by atoms with van der Waals surface area (Å²) in [5.74, 6) is -0.0646. The van der Waals surface area contributed by atoms with Crippen molar-refractivity contribution >= 4 is 17.5 Å². The summed E-state index contributed by atoms with van der Waals surface area (Å²) in [5.41, 5.74) is 1.01. The zero-order chi connectivity index (χ0) is 14.4. The second-order valence-electron chi connectivity index (χ2n) is 4.79. The molecule has 5 heteroatoms. The van der Waals surface area contributed by atoms with Crippen molar-refractivity contribution in [3.05, 3.63) is 34.9 Å². The summed E-state index contributed by atoms with van der Waals surface area (Å²) in [7, 11) is 1.81. The highest BCUT2D eigenvalue weighted by molar-refractivity contribution is 6.30. The molecule has 0 saturated heterocycles. The highest BCUT2D eigenvalue weighted by atomic mass is 35.5. The molecule has 0 radical (unpaired) electrons. The van der Waals surface area contributed by atoms with Crippen molar-refractivity contribution in [3.63, 3.8) is 0 Å². The van der Waals surface area contributed by atoms with E-state index in [4.69, 9.17) is 16.7 Å². The first-order valence-electron chi connectivity index (χ1n) is 6.30. The van der Waals surface area contributed by atoms with Gasteiger partial charge in [-0.2, -0.15) is 0 Å². The lowest BCUT2D eigenvalue weighted by molar-refractivity contribution is -0.123. The zero-order valence-electron chi connectivity index (χ0n) is 11.6. The summed E-state index contributed by atoms with van der Waals surface area (Å²) < 4.78 is 0. The minimum atomic E-state index is -0.0670.